The van der Waals surface area contributed by atoms with E-state index in [0.717, 1.165) is 18.8 Å². The van der Waals surface area contributed by atoms with Gasteiger partial charge < -0.3 is 9.84 Å². The van der Waals surface area contributed by atoms with E-state index >= 15 is 0 Å². The second kappa shape index (κ2) is 5.29. The average molecular weight is 237 g/mol. The molecule has 1 aliphatic carbocycles. The van der Waals surface area contributed by atoms with Crippen molar-refractivity contribution in [1.82, 2.24) is 15.5 Å². The first-order valence-corrected chi connectivity index (χ1v) is 6.22. The molecule has 2 atom stereocenters. The maximum absolute atomic E-state index is 11.7. The van der Waals surface area contributed by atoms with Crippen molar-refractivity contribution in [3.8, 4) is 0 Å². The van der Waals surface area contributed by atoms with Crippen LogP contribution in [0.3, 0.4) is 0 Å². The molecule has 1 aliphatic rings. The van der Waals surface area contributed by atoms with Crippen molar-refractivity contribution < 1.29 is 9.32 Å². The van der Waals surface area contributed by atoms with Crippen LogP contribution in [0.4, 0.5) is 0 Å². The maximum Gasteiger partial charge on any atom is 0.227 e. The molecule has 1 amide bonds. The van der Waals surface area contributed by atoms with E-state index in [0.29, 0.717) is 30.6 Å². The highest BCUT2D eigenvalue weighted by Crippen LogP contribution is 2.24. The lowest BCUT2D eigenvalue weighted by atomic mass is 10.1. The molecule has 1 aromatic rings. The molecule has 0 aliphatic heterocycles. The van der Waals surface area contributed by atoms with Crippen LogP contribution < -0.4 is 5.32 Å². The van der Waals surface area contributed by atoms with Gasteiger partial charge in [0, 0.05) is 18.9 Å². The zero-order valence-electron chi connectivity index (χ0n) is 10.4. The van der Waals surface area contributed by atoms with E-state index in [1.165, 1.54) is 6.42 Å². The van der Waals surface area contributed by atoms with Crippen molar-refractivity contribution in [2.45, 2.75) is 52.0 Å². The monoisotopic (exact) mass is 237 g/mol. The van der Waals surface area contributed by atoms with E-state index in [4.69, 9.17) is 4.52 Å². The Balaban J connectivity index is 1.71. The zero-order chi connectivity index (χ0) is 12.3. The van der Waals surface area contributed by atoms with E-state index in [9.17, 15) is 4.79 Å². The van der Waals surface area contributed by atoms with Crippen LogP contribution in [0.15, 0.2) is 4.52 Å². The summed E-state index contributed by atoms with van der Waals surface area (Å²) in [5.74, 6) is 1.97. The summed E-state index contributed by atoms with van der Waals surface area (Å²) in [6.07, 6.45) is 4.37. The topological polar surface area (TPSA) is 68.0 Å². The lowest BCUT2D eigenvalue weighted by molar-refractivity contribution is -0.121. The number of nitrogens with zero attached hydrogens (tertiary/aromatic N) is 2. The van der Waals surface area contributed by atoms with Crippen LogP contribution in [0, 0.1) is 12.8 Å². The summed E-state index contributed by atoms with van der Waals surface area (Å²) in [5.41, 5.74) is 0. The number of carbonyl (C=O) groups excluding carboxylic acids is 1. The molecule has 1 fully saturated rings. The Kier molecular flexibility index (Phi) is 3.76. The quantitative estimate of drug-likeness (QED) is 0.864. The smallest absolute Gasteiger partial charge is 0.227 e. The summed E-state index contributed by atoms with van der Waals surface area (Å²) in [6.45, 7) is 4.00. The van der Waals surface area contributed by atoms with Gasteiger partial charge in [0.2, 0.25) is 11.8 Å². The van der Waals surface area contributed by atoms with Crippen molar-refractivity contribution in [2.75, 3.05) is 0 Å². The molecule has 0 bridgehead atoms. The molecular formula is C12H19N3O2. The lowest BCUT2D eigenvalue weighted by Crippen LogP contribution is -2.33. The highest BCUT2D eigenvalue weighted by molar-refractivity contribution is 5.76. The Hall–Kier alpha value is -1.39. The molecule has 0 aromatic carbocycles. The highest BCUT2D eigenvalue weighted by Gasteiger charge is 2.22. The molecule has 5 nitrogen and oxygen atoms in total. The lowest BCUT2D eigenvalue weighted by Gasteiger charge is -2.11. The van der Waals surface area contributed by atoms with Gasteiger partial charge in [-0.2, -0.15) is 4.98 Å². The first-order chi connectivity index (χ1) is 8.13. The summed E-state index contributed by atoms with van der Waals surface area (Å²) in [6, 6.07) is 0.363. The largest absolute Gasteiger partial charge is 0.353 e. The van der Waals surface area contributed by atoms with Gasteiger partial charge >= 0.3 is 0 Å². The van der Waals surface area contributed by atoms with Gasteiger partial charge in [-0.1, -0.05) is 12.1 Å². The van der Waals surface area contributed by atoms with E-state index in [1.54, 1.807) is 6.92 Å². The minimum Gasteiger partial charge on any atom is -0.353 e. The van der Waals surface area contributed by atoms with Crippen LogP contribution in [0.25, 0.3) is 0 Å². The van der Waals surface area contributed by atoms with Crippen LogP contribution >= 0.6 is 0 Å². The van der Waals surface area contributed by atoms with Gasteiger partial charge in [-0.3, -0.25) is 4.79 Å². The summed E-state index contributed by atoms with van der Waals surface area (Å²) in [5, 5.41) is 6.75. The van der Waals surface area contributed by atoms with Gasteiger partial charge in [0.15, 0.2) is 5.82 Å². The van der Waals surface area contributed by atoms with E-state index < -0.39 is 0 Å². The van der Waals surface area contributed by atoms with Crippen molar-refractivity contribution in [3.63, 3.8) is 0 Å². The van der Waals surface area contributed by atoms with E-state index in [-0.39, 0.29) is 5.91 Å². The first kappa shape index (κ1) is 12.1. The number of carbonyl (C=O) groups is 1. The van der Waals surface area contributed by atoms with Crippen molar-refractivity contribution in [3.05, 3.63) is 11.7 Å². The van der Waals surface area contributed by atoms with Gasteiger partial charge in [0.05, 0.1) is 0 Å². The number of amides is 1. The third kappa shape index (κ3) is 3.54. The summed E-state index contributed by atoms with van der Waals surface area (Å²) < 4.78 is 4.96. The Morgan fingerprint density at radius 2 is 2.35 bits per heavy atom. The van der Waals surface area contributed by atoms with Gasteiger partial charge in [0.1, 0.15) is 0 Å². The van der Waals surface area contributed by atoms with Crippen molar-refractivity contribution in [2.24, 2.45) is 5.92 Å². The third-order valence-electron chi connectivity index (χ3n) is 3.20. The Morgan fingerprint density at radius 1 is 1.53 bits per heavy atom. The van der Waals surface area contributed by atoms with Gasteiger partial charge in [-0.15, -0.1) is 0 Å². The fourth-order valence-corrected chi connectivity index (χ4v) is 2.30. The summed E-state index contributed by atoms with van der Waals surface area (Å²) in [4.78, 5) is 15.8. The number of hydrogen-bond acceptors (Lipinski definition) is 4. The number of hydrogen-bond donors (Lipinski definition) is 1. The molecule has 1 heterocycles. The summed E-state index contributed by atoms with van der Waals surface area (Å²) >= 11 is 0. The van der Waals surface area contributed by atoms with E-state index in [2.05, 4.69) is 22.4 Å². The van der Waals surface area contributed by atoms with Crippen molar-refractivity contribution in [1.29, 1.82) is 0 Å². The second-order valence-electron chi connectivity index (χ2n) is 4.92. The Morgan fingerprint density at radius 3 is 2.94 bits per heavy atom. The highest BCUT2D eigenvalue weighted by atomic mass is 16.5. The molecule has 1 saturated carbocycles. The molecule has 2 unspecified atom stereocenters. The number of aryl methyl sites for hydroxylation is 2. The predicted octanol–water partition coefficient (Wildman–Crippen LogP) is 1.62. The molecular weight excluding hydrogens is 218 g/mol. The predicted molar refractivity (Wildman–Crippen MR) is 62.3 cm³/mol. The molecule has 5 heteroatoms. The number of nitrogens with one attached hydrogen (secondary N) is 1. The molecule has 1 aromatic heterocycles. The Labute approximate surface area is 101 Å². The fourth-order valence-electron chi connectivity index (χ4n) is 2.30. The van der Waals surface area contributed by atoms with Crippen molar-refractivity contribution >= 4 is 5.91 Å². The average Bonchev–Trinajstić information content (AvgIpc) is 2.85. The van der Waals surface area contributed by atoms with Crippen LogP contribution in [-0.2, 0) is 11.2 Å². The first-order valence-electron chi connectivity index (χ1n) is 6.22. The molecule has 0 radical (unpaired) electrons. The minimum atomic E-state index is 0.0833. The summed E-state index contributed by atoms with van der Waals surface area (Å²) in [7, 11) is 0. The van der Waals surface area contributed by atoms with E-state index in [1.807, 2.05) is 0 Å². The molecule has 17 heavy (non-hydrogen) atoms. The third-order valence-corrected chi connectivity index (χ3v) is 3.20. The minimum absolute atomic E-state index is 0.0833. The van der Waals surface area contributed by atoms with Crippen LogP contribution in [0.2, 0.25) is 0 Å². The maximum atomic E-state index is 11.7. The number of aromatic nitrogens is 2. The van der Waals surface area contributed by atoms with Gasteiger partial charge in [0.25, 0.3) is 0 Å². The zero-order valence-corrected chi connectivity index (χ0v) is 10.4. The molecule has 1 N–H and O–H groups in total. The SMILES string of the molecule is Cc1noc(CCC(=O)NC2CCC(C)C2)n1. The molecule has 0 saturated heterocycles. The molecule has 2 rings (SSSR count). The standard InChI is InChI=1S/C12H19N3O2/c1-8-3-4-10(7-8)14-11(16)5-6-12-13-9(2)15-17-12/h8,10H,3-7H2,1-2H3,(H,14,16). The van der Waals surface area contributed by atoms with Crippen LogP contribution in [-0.4, -0.2) is 22.1 Å². The second-order valence-corrected chi connectivity index (χ2v) is 4.92. The van der Waals surface area contributed by atoms with Gasteiger partial charge in [-0.05, 0) is 32.1 Å². The van der Waals surface area contributed by atoms with Gasteiger partial charge in [-0.25, -0.2) is 0 Å². The van der Waals surface area contributed by atoms with Crippen LogP contribution in [0.1, 0.15) is 44.3 Å². The Bertz CT molecular complexity index is 389. The fraction of sp³-hybridized carbons (Fsp3) is 0.750. The number of rotatable bonds is 4. The molecule has 0 spiro atoms. The van der Waals surface area contributed by atoms with Crippen LogP contribution in [0.5, 0.6) is 0 Å². The normalized spacial score (nSPS) is 23.9. The molecule has 94 valence electrons.